The molecule has 0 spiro atoms. The van der Waals surface area contributed by atoms with E-state index in [4.69, 9.17) is 11.3 Å². The van der Waals surface area contributed by atoms with Crippen molar-refractivity contribution in [1.29, 1.82) is 0 Å². The number of nitrogens with two attached hydrogens (primary N) is 1. The molecule has 0 saturated carbocycles. The van der Waals surface area contributed by atoms with Crippen molar-refractivity contribution in [3.63, 3.8) is 0 Å². The van der Waals surface area contributed by atoms with Crippen LogP contribution in [0, 0.1) is 0 Å². The zero-order valence-corrected chi connectivity index (χ0v) is 8.08. The van der Waals surface area contributed by atoms with Crippen molar-refractivity contribution >= 4 is 11.9 Å². The first-order valence-electron chi connectivity index (χ1n) is 4.25. The first-order chi connectivity index (χ1) is 6.57. The van der Waals surface area contributed by atoms with Gasteiger partial charge in [0.05, 0.1) is 12.6 Å². The van der Waals surface area contributed by atoms with Crippen LogP contribution in [0.4, 0.5) is 4.79 Å². The summed E-state index contributed by atoms with van der Waals surface area (Å²) in [5, 5.41) is 3.40. The van der Waals surface area contributed by atoms with Crippen molar-refractivity contribution in [2.24, 2.45) is 15.8 Å². The number of hydrogen-bond donors (Lipinski definition) is 1. The third-order valence-corrected chi connectivity index (χ3v) is 2.00. The highest BCUT2D eigenvalue weighted by Crippen LogP contribution is 2.15. The molecule has 7 heteroatoms. The molecule has 1 aliphatic heterocycles. The second-order valence-corrected chi connectivity index (χ2v) is 3.25. The van der Waals surface area contributed by atoms with Crippen LogP contribution < -0.4 is 5.73 Å². The zero-order valence-electron chi connectivity index (χ0n) is 8.08. The Labute approximate surface area is 81.2 Å². The van der Waals surface area contributed by atoms with E-state index < -0.39 is 6.04 Å². The van der Waals surface area contributed by atoms with Crippen LogP contribution in [0.3, 0.4) is 0 Å². The van der Waals surface area contributed by atoms with Crippen LogP contribution in [0.15, 0.2) is 10.1 Å². The van der Waals surface area contributed by atoms with E-state index in [1.807, 2.05) is 13.8 Å². The molecule has 0 bridgehead atoms. The fourth-order valence-corrected chi connectivity index (χ4v) is 1.39. The van der Waals surface area contributed by atoms with Gasteiger partial charge < -0.3 is 10.6 Å². The zero-order chi connectivity index (χ0) is 10.7. The average molecular weight is 196 g/mol. The summed E-state index contributed by atoms with van der Waals surface area (Å²) < 4.78 is 0. The van der Waals surface area contributed by atoms with Gasteiger partial charge >= 0.3 is 6.03 Å². The molecular formula is C7H12N6O. The van der Waals surface area contributed by atoms with Crippen LogP contribution in [-0.2, 0) is 0 Å². The molecule has 1 heterocycles. The molecule has 0 radical (unpaired) electrons. The third kappa shape index (κ3) is 1.77. The molecule has 7 nitrogen and oxygen atoms in total. The van der Waals surface area contributed by atoms with E-state index in [1.165, 1.54) is 4.90 Å². The second kappa shape index (κ2) is 3.97. The van der Waals surface area contributed by atoms with Crippen molar-refractivity contribution in [2.45, 2.75) is 25.9 Å². The number of carbonyl (C=O) groups excluding carboxylic acids is 1. The number of amides is 2. The fourth-order valence-electron chi connectivity index (χ4n) is 1.39. The molecule has 0 aromatic heterocycles. The Balaban J connectivity index is 2.84. The summed E-state index contributed by atoms with van der Waals surface area (Å²) in [6, 6.07) is -0.764. The summed E-state index contributed by atoms with van der Waals surface area (Å²) in [5.74, 6) is 0.219. The Hall–Kier alpha value is -1.75. The predicted molar refractivity (Wildman–Crippen MR) is 51.8 cm³/mol. The number of hydrogen-bond acceptors (Lipinski definition) is 3. The molecule has 0 saturated heterocycles. The fraction of sp³-hybridized carbons (Fsp3) is 0.714. The van der Waals surface area contributed by atoms with Gasteiger partial charge in [-0.2, -0.15) is 4.99 Å². The molecule has 1 unspecified atom stereocenters. The van der Waals surface area contributed by atoms with Crippen molar-refractivity contribution < 1.29 is 4.79 Å². The number of amidine groups is 1. The van der Waals surface area contributed by atoms with Crippen LogP contribution in [0.5, 0.6) is 0 Å². The van der Waals surface area contributed by atoms with E-state index in [2.05, 4.69) is 15.0 Å². The van der Waals surface area contributed by atoms with E-state index in [0.717, 1.165) is 0 Å². The van der Waals surface area contributed by atoms with E-state index >= 15 is 0 Å². The normalized spacial score (nSPS) is 21.1. The Morgan fingerprint density at radius 3 is 2.93 bits per heavy atom. The van der Waals surface area contributed by atoms with E-state index in [9.17, 15) is 4.79 Å². The maximum absolute atomic E-state index is 11.3. The smallest absolute Gasteiger partial charge is 0.346 e. The number of azide groups is 1. The van der Waals surface area contributed by atoms with Crippen LogP contribution in [-0.4, -0.2) is 35.4 Å². The lowest BCUT2D eigenvalue weighted by Gasteiger charge is -2.26. The van der Waals surface area contributed by atoms with Gasteiger partial charge in [0.1, 0.15) is 5.84 Å². The van der Waals surface area contributed by atoms with Gasteiger partial charge in [0.2, 0.25) is 0 Å². The molecule has 14 heavy (non-hydrogen) atoms. The molecule has 1 rings (SSSR count). The lowest BCUT2D eigenvalue weighted by Crippen LogP contribution is -2.46. The molecular weight excluding hydrogens is 184 g/mol. The number of carbonyl (C=O) groups is 1. The molecule has 0 aromatic carbocycles. The quantitative estimate of drug-likeness (QED) is 0.410. The van der Waals surface area contributed by atoms with Crippen molar-refractivity contribution in [2.75, 3.05) is 6.54 Å². The molecule has 1 aliphatic rings. The van der Waals surface area contributed by atoms with Crippen LogP contribution >= 0.6 is 0 Å². The maximum atomic E-state index is 11.3. The molecule has 2 amide bonds. The summed E-state index contributed by atoms with van der Waals surface area (Å²) >= 11 is 0. The number of rotatable bonds is 3. The minimum absolute atomic E-state index is 0.00815. The average Bonchev–Trinajstić information content (AvgIpc) is 2.37. The first-order valence-corrected chi connectivity index (χ1v) is 4.25. The summed E-state index contributed by atoms with van der Waals surface area (Å²) in [7, 11) is 0. The van der Waals surface area contributed by atoms with Gasteiger partial charge in [-0.1, -0.05) is 5.11 Å². The maximum Gasteiger partial charge on any atom is 0.346 e. The van der Waals surface area contributed by atoms with Crippen molar-refractivity contribution in [3.05, 3.63) is 10.4 Å². The lowest BCUT2D eigenvalue weighted by molar-refractivity contribution is 0.191. The van der Waals surface area contributed by atoms with E-state index in [1.54, 1.807) is 0 Å². The van der Waals surface area contributed by atoms with Gasteiger partial charge in [-0.25, -0.2) is 4.79 Å². The molecule has 0 aliphatic carbocycles. The first kappa shape index (κ1) is 10.3. The molecule has 0 aromatic rings. The summed E-state index contributed by atoms with van der Waals surface area (Å²) in [6.07, 6.45) is 0. The van der Waals surface area contributed by atoms with Crippen LogP contribution in [0.2, 0.25) is 0 Å². The Bertz CT molecular complexity index is 316. The number of nitrogens with zero attached hydrogens (tertiary/aromatic N) is 5. The van der Waals surface area contributed by atoms with Gasteiger partial charge in [0, 0.05) is 11.0 Å². The Kier molecular flexibility index (Phi) is 2.93. The summed E-state index contributed by atoms with van der Waals surface area (Å²) in [5.41, 5.74) is 13.7. The minimum Gasteiger partial charge on any atom is -0.385 e. The summed E-state index contributed by atoms with van der Waals surface area (Å²) in [4.78, 5) is 19.1. The standard InChI is InChI=1S/C7H12N6O/c1-4(2)13-5(3-10-12-9)6(8)11-7(13)14/h4-5H,3H2,1-2H3,(H2,8,11,14). The predicted octanol–water partition coefficient (Wildman–Crippen LogP) is 0.866. The van der Waals surface area contributed by atoms with E-state index in [0.29, 0.717) is 0 Å². The Morgan fingerprint density at radius 1 is 1.79 bits per heavy atom. The summed E-state index contributed by atoms with van der Waals surface area (Å²) in [6.45, 7) is 3.85. The highest BCUT2D eigenvalue weighted by atomic mass is 16.2. The van der Waals surface area contributed by atoms with Crippen LogP contribution in [0.25, 0.3) is 10.4 Å². The van der Waals surface area contributed by atoms with Crippen molar-refractivity contribution in [3.8, 4) is 0 Å². The van der Waals surface area contributed by atoms with E-state index in [-0.39, 0.29) is 24.5 Å². The highest BCUT2D eigenvalue weighted by Gasteiger charge is 2.34. The third-order valence-electron chi connectivity index (χ3n) is 2.00. The largest absolute Gasteiger partial charge is 0.385 e. The van der Waals surface area contributed by atoms with Crippen molar-refractivity contribution in [1.82, 2.24) is 4.90 Å². The van der Waals surface area contributed by atoms with Gasteiger partial charge in [-0.15, -0.1) is 0 Å². The lowest BCUT2D eigenvalue weighted by atomic mass is 10.2. The highest BCUT2D eigenvalue weighted by molar-refractivity contribution is 6.03. The van der Waals surface area contributed by atoms with Gasteiger partial charge in [0.25, 0.3) is 0 Å². The molecule has 1 atom stereocenters. The molecule has 2 N–H and O–H groups in total. The van der Waals surface area contributed by atoms with Gasteiger partial charge in [-0.05, 0) is 19.4 Å². The molecule has 76 valence electrons. The second-order valence-electron chi connectivity index (χ2n) is 3.25. The Morgan fingerprint density at radius 2 is 2.43 bits per heavy atom. The SMILES string of the molecule is CC(C)N1C(=O)N=C(N)C1CN=[N+]=[N-]. The minimum atomic E-state index is -0.390. The van der Waals surface area contributed by atoms with Gasteiger partial charge in [-0.3, -0.25) is 0 Å². The topological polar surface area (TPSA) is 107 Å². The monoisotopic (exact) mass is 196 g/mol. The van der Waals surface area contributed by atoms with Crippen LogP contribution in [0.1, 0.15) is 13.8 Å². The molecule has 0 fully saturated rings. The van der Waals surface area contributed by atoms with Gasteiger partial charge in [0.15, 0.2) is 0 Å². The number of aliphatic imine (C=N–C) groups is 1. The number of urea groups is 1.